The van der Waals surface area contributed by atoms with Crippen molar-refractivity contribution < 1.29 is 14.7 Å². The Kier molecular flexibility index (Phi) is 6.56. The molecule has 1 rings (SSSR count). The molecule has 1 unspecified atom stereocenters. The molecule has 1 atom stereocenters. The predicted octanol–water partition coefficient (Wildman–Crippen LogP) is 2.72. The lowest BCUT2D eigenvalue weighted by Crippen LogP contribution is -2.42. The molecular weight excluding hydrogens is 256 g/mol. The Morgan fingerprint density at radius 2 is 1.90 bits per heavy atom. The quantitative estimate of drug-likeness (QED) is 0.805. The number of anilines is 1. The molecule has 2 N–H and O–H groups in total. The molecule has 0 spiro atoms. The molecule has 20 heavy (non-hydrogen) atoms. The van der Waals surface area contributed by atoms with E-state index in [4.69, 9.17) is 5.11 Å². The highest BCUT2D eigenvalue weighted by atomic mass is 16.4. The molecule has 0 aliphatic rings. The number of hydrogen-bond donors (Lipinski definition) is 2. The van der Waals surface area contributed by atoms with Crippen LogP contribution in [0.2, 0.25) is 0 Å². The molecule has 0 aromatic heterocycles. The minimum atomic E-state index is -0.832. The lowest BCUT2D eigenvalue weighted by Gasteiger charge is -2.23. The molecule has 0 heterocycles. The summed E-state index contributed by atoms with van der Waals surface area (Å²) >= 11 is 0. The van der Waals surface area contributed by atoms with E-state index in [2.05, 4.69) is 5.32 Å². The van der Waals surface area contributed by atoms with Crippen LogP contribution < -0.4 is 10.2 Å². The summed E-state index contributed by atoms with van der Waals surface area (Å²) in [5.74, 6) is -0.868. The van der Waals surface area contributed by atoms with Gasteiger partial charge in [0.2, 0.25) is 0 Å². The Morgan fingerprint density at radius 3 is 2.40 bits per heavy atom. The van der Waals surface area contributed by atoms with Gasteiger partial charge in [-0.05, 0) is 25.0 Å². The molecule has 0 saturated carbocycles. The van der Waals surface area contributed by atoms with Crippen LogP contribution >= 0.6 is 0 Å². The standard InChI is InChI=1S/C15H22N2O3/c1-3-12(10-14(18)19)11-16-15(20)17(4-2)13-8-6-5-7-9-13/h5-9,12H,3-4,10-11H2,1-2H3,(H,16,20)(H,18,19). The van der Waals surface area contributed by atoms with E-state index in [0.717, 1.165) is 12.1 Å². The van der Waals surface area contributed by atoms with E-state index in [9.17, 15) is 9.59 Å². The molecule has 0 aliphatic heterocycles. The summed E-state index contributed by atoms with van der Waals surface area (Å²) in [6, 6.07) is 9.21. The van der Waals surface area contributed by atoms with Gasteiger partial charge in [-0.15, -0.1) is 0 Å². The van der Waals surface area contributed by atoms with E-state index < -0.39 is 5.97 Å². The van der Waals surface area contributed by atoms with Gasteiger partial charge in [-0.1, -0.05) is 31.5 Å². The monoisotopic (exact) mass is 278 g/mol. The first-order chi connectivity index (χ1) is 9.58. The molecule has 0 aliphatic carbocycles. The van der Waals surface area contributed by atoms with Crippen LogP contribution in [-0.4, -0.2) is 30.2 Å². The first kappa shape index (κ1) is 16.0. The third-order valence-corrected chi connectivity index (χ3v) is 3.21. The van der Waals surface area contributed by atoms with Gasteiger partial charge in [-0.25, -0.2) is 4.79 Å². The lowest BCUT2D eigenvalue weighted by molar-refractivity contribution is -0.138. The molecule has 0 radical (unpaired) electrons. The maximum atomic E-state index is 12.1. The van der Waals surface area contributed by atoms with Gasteiger partial charge in [0.15, 0.2) is 0 Å². The zero-order chi connectivity index (χ0) is 15.0. The number of benzene rings is 1. The van der Waals surface area contributed by atoms with Crippen molar-refractivity contribution in [2.45, 2.75) is 26.7 Å². The van der Waals surface area contributed by atoms with Crippen LogP contribution in [0.25, 0.3) is 0 Å². The summed E-state index contributed by atoms with van der Waals surface area (Å²) in [6.07, 6.45) is 0.804. The highest BCUT2D eigenvalue weighted by Gasteiger charge is 2.16. The van der Waals surface area contributed by atoms with Crippen molar-refractivity contribution in [3.8, 4) is 0 Å². The highest BCUT2D eigenvalue weighted by molar-refractivity contribution is 5.91. The van der Waals surface area contributed by atoms with Crippen LogP contribution in [0.15, 0.2) is 30.3 Å². The fourth-order valence-electron chi connectivity index (χ4n) is 1.99. The first-order valence-electron chi connectivity index (χ1n) is 6.90. The second-order valence-corrected chi connectivity index (χ2v) is 4.64. The number of amides is 2. The molecule has 1 aromatic rings. The van der Waals surface area contributed by atoms with Crippen molar-refractivity contribution in [3.63, 3.8) is 0 Å². The van der Waals surface area contributed by atoms with Crippen molar-refractivity contribution in [2.75, 3.05) is 18.0 Å². The Labute approximate surface area is 119 Å². The Morgan fingerprint density at radius 1 is 1.25 bits per heavy atom. The van der Waals surface area contributed by atoms with Crippen LogP contribution in [0.1, 0.15) is 26.7 Å². The molecule has 0 bridgehead atoms. The molecule has 0 fully saturated rings. The summed E-state index contributed by atoms with van der Waals surface area (Å²) in [5, 5.41) is 11.6. The zero-order valence-corrected chi connectivity index (χ0v) is 12.0. The summed E-state index contributed by atoms with van der Waals surface area (Å²) < 4.78 is 0. The van der Waals surface area contributed by atoms with Crippen LogP contribution in [-0.2, 0) is 4.79 Å². The SMILES string of the molecule is CCC(CNC(=O)N(CC)c1ccccc1)CC(=O)O. The number of nitrogens with one attached hydrogen (secondary N) is 1. The minimum absolute atomic E-state index is 0.0362. The van der Waals surface area contributed by atoms with E-state index in [1.165, 1.54) is 0 Å². The van der Waals surface area contributed by atoms with Gasteiger partial charge in [0.25, 0.3) is 0 Å². The van der Waals surface area contributed by atoms with Gasteiger partial charge in [-0.2, -0.15) is 0 Å². The van der Waals surface area contributed by atoms with E-state index in [0.29, 0.717) is 13.1 Å². The largest absolute Gasteiger partial charge is 0.481 e. The second kappa shape index (κ2) is 8.19. The highest BCUT2D eigenvalue weighted by Crippen LogP contribution is 2.13. The number of rotatable bonds is 7. The summed E-state index contributed by atoms with van der Waals surface area (Å²) in [5.41, 5.74) is 0.832. The van der Waals surface area contributed by atoms with Crippen LogP contribution in [0.3, 0.4) is 0 Å². The van der Waals surface area contributed by atoms with Gasteiger partial charge in [0, 0.05) is 25.2 Å². The fourth-order valence-corrected chi connectivity index (χ4v) is 1.99. The third kappa shape index (κ3) is 4.91. The van der Waals surface area contributed by atoms with Crippen LogP contribution in [0.5, 0.6) is 0 Å². The number of nitrogens with zero attached hydrogens (tertiary/aromatic N) is 1. The van der Waals surface area contributed by atoms with Gasteiger partial charge < -0.3 is 10.4 Å². The van der Waals surface area contributed by atoms with E-state index >= 15 is 0 Å². The average molecular weight is 278 g/mol. The van der Waals surface area contributed by atoms with Gasteiger partial charge >= 0.3 is 12.0 Å². The topological polar surface area (TPSA) is 69.6 Å². The van der Waals surface area contributed by atoms with E-state index in [-0.39, 0.29) is 18.4 Å². The Hall–Kier alpha value is -2.04. The summed E-state index contributed by atoms with van der Waals surface area (Å²) in [4.78, 5) is 24.5. The molecule has 5 nitrogen and oxygen atoms in total. The third-order valence-electron chi connectivity index (χ3n) is 3.21. The number of carbonyl (C=O) groups is 2. The fraction of sp³-hybridized carbons (Fsp3) is 0.467. The minimum Gasteiger partial charge on any atom is -0.481 e. The number of urea groups is 1. The van der Waals surface area contributed by atoms with Gasteiger partial charge in [0.05, 0.1) is 0 Å². The molecule has 110 valence electrons. The van der Waals surface area contributed by atoms with Crippen molar-refractivity contribution >= 4 is 17.7 Å². The molecular formula is C15H22N2O3. The second-order valence-electron chi connectivity index (χ2n) is 4.64. The normalized spacial score (nSPS) is 11.7. The summed E-state index contributed by atoms with van der Waals surface area (Å²) in [6.45, 7) is 4.77. The van der Waals surface area contributed by atoms with Gasteiger partial charge in [-0.3, -0.25) is 9.69 Å². The van der Waals surface area contributed by atoms with Crippen molar-refractivity contribution in [1.82, 2.24) is 5.32 Å². The van der Waals surface area contributed by atoms with Crippen molar-refractivity contribution in [1.29, 1.82) is 0 Å². The van der Waals surface area contributed by atoms with E-state index in [1.807, 2.05) is 44.2 Å². The number of carbonyl (C=O) groups excluding carboxylic acids is 1. The van der Waals surface area contributed by atoms with Crippen molar-refractivity contribution in [2.24, 2.45) is 5.92 Å². The molecule has 2 amide bonds. The zero-order valence-electron chi connectivity index (χ0n) is 12.0. The van der Waals surface area contributed by atoms with E-state index in [1.54, 1.807) is 4.90 Å². The van der Waals surface area contributed by atoms with Crippen molar-refractivity contribution in [3.05, 3.63) is 30.3 Å². The predicted molar refractivity (Wildman–Crippen MR) is 78.9 cm³/mol. The van der Waals surface area contributed by atoms with Gasteiger partial charge in [0.1, 0.15) is 0 Å². The number of carboxylic acid groups (broad SMARTS) is 1. The number of para-hydroxylation sites is 1. The maximum Gasteiger partial charge on any atom is 0.321 e. The number of aliphatic carboxylic acids is 1. The first-order valence-corrected chi connectivity index (χ1v) is 6.90. The number of carboxylic acids is 1. The maximum absolute atomic E-state index is 12.1. The molecule has 1 aromatic carbocycles. The Balaban J connectivity index is 2.58. The molecule has 0 saturated heterocycles. The molecule has 5 heteroatoms. The number of hydrogen-bond acceptors (Lipinski definition) is 2. The van der Waals surface area contributed by atoms with Crippen LogP contribution in [0.4, 0.5) is 10.5 Å². The Bertz CT molecular complexity index is 434. The van der Waals surface area contributed by atoms with Crippen LogP contribution in [0, 0.1) is 5.92 Å². The smallest absolute Gasteiger partial charge is 0.321 e. The summed E-state index contributed by atoms with van der Waals surface area (Å²) in [7, 11) is 0. The average Bonchev–Trinajstić information content (AvgIpc) is 2.45. The lowest BCUT2D eigenvalue weighted by atomic mass is 10.0.